The minimum Gasteiger partial charge on any atom is -0.422 e. The van der Waals surface area contributed by atoms with Crippen molar-refractivity contribution in [1.82, 2.24) is 0 Å². The van der Waals surface area contributed by atoms with Gasteiger partial charge in [0.25, 0.3) is 5.78 Å². The molecule has 4 nitrogen and oxygen atoms in total. The molecule has 1 heterocycles. The highest BCUT2D eigenvalue weighted by atomic mass is 19.4. The molecule has 0 aliphatic carbocycles. The first kappa shape index (κ1) is 17.7. The molecule has 3 rings (SSSR count). The van der Waals surface area contributed by atoms with Crippen LogP contribution in [0.2, 0.25) is 0 Å². The predicted octanol–water partition coefficient (Wildman–Crippen LogP) is 4.84. The third-order valence-electron chi connectivity index (χ3n) is 3.93. The Morgan fingerprint density at radius 1 is 1.08 bits per heavy atom. The lowest BCUT2D eigenvalue weighted by Gasteiger charge is -2.14. The highest BCUT2D eigenvalue weighted by molar-refractivity contribution is 6.10. The summed E-state index contributed by atoms with van der Waals surface area (Å²) in [5.41, 5.74) is -1.03. The minimum absolute atomic E-state index is 0.0869. The Kier molecular flexibility index (Phi) is 4.54. The molecule has 134 valence electrons. The van der Waals surface area contributed by atoms with Gasteiger partial charge in [0.1, 0.15) is 11.1 Å². The fourth-order valence-corrected chi connectivity index (χ4v) is 2.60. The number of fused-ring (bicyclic) bond motifs is 1. The number of hydrogen-bond acceptors (Lipinski definition) is 4. The molecule has 0 aliphatic heterocycles. The van der Waals surface area contributed by atoms with Crippen LogP contribution in [0.3, 0.4) is 0 Å². The van der Waals surface area contributed by atoms with E-state index in [0.29, 0.717) is 5.69 Å². The van der Waals surface area contributed by atoms with E-state index >= 15 is 0 Å². The largest absolute Gasteiger partial charge is 0.455 e. The lowest BCUT2D eigenvalue weighted by Crippen LogP contribution is -2.29. The van der Waals surface area contributed by atoms with E-state index in [4.69, 9.17) is 4.42 Å². The van der Waals surface area contributed by atoms with Crippen LogP contribution >= 0.6 is 0 Å². The zero-order valence-corrected chi connectivity index (χ0v) is 13.7. The number of Topliss-reactive ketones (excluding diaryl/α,β-unsaturated/α-hetero) is 1. The highest BCUT2D eigenvalue weighted by Crippen LogP contribution is 2.32. The first-order chi connectivity index (χ1) is 12.3. The van der Waals surface area contributed by atoms with E-state index < -0.39 is 23.1 Å². The van der Waals surface area contributed by atoms with Crippen molar-refractivity contribution in [2.45, 2.75) is 19.5 Å². The molecule has 0 amide bonds. The Hall–Kier alpha value is -3.09. The van der Waals surface area contributed by atoms with Gasteiger partial charge in [0.2, 0.25) is 0 Å². The molecule has 0 bridgehead atoms. The Morgan fingerprint density at radius 3 is 2.35 bits per heavy atom. The third-order valence-corrected chi connectivity index (χ3v) is 3.93. The van der Waals surface area contributed by atoms with Gasteiger partial charge in [-0.05, 0) is 36.2 Å². The van der Waals surface area contributed by atoms with Crippen LogP contribution in [0.1, 0.15) is 22.8 Å². The standard InChI is InChI=1S/C19H14F3NO3/c1-2-11-7-9-12(10-8-11)23-16-13-5-3-4-6-14(13)26-18(25)15(16)17(24)19(20,21)22/h3-10,23H,2H2,1H3. The number of anilines is 2. The fourth-order valence-electron chi connectivity index (χ4n) is 2.60. The van der Waals surface area contributed by atoms with Crippen molar-refractivity contribution in [1.29, 1.82) is 0 Å². The second-order valence-corrected chi connectivity index (χ2v) is 5.64. The number of carbonyl (C=O) groups excluding carboxylic acids is 1. The van der Waals surface area contributed by atoms with Crippen LogP contribution in [0.25, 0.3) is 11.0 Å². The molecule has 26 heavy (non-hydrogen) atoms. The predicted molar refractivity (Wildman–Crippen MR) is 92.0 cm³/mol. The Balaban J connectivity index is 2.22. The quantitative estimate of drug-likeness (QED) is 0.533. The van der Waals surface area contributed by atoms with Gasteiger partial charge in [0.05, 0.1) is 5.69 Å². The lowest BCUT2D eigenvalue weighted by molar-refractivity contribution is -0.0886. The molecule has 0 atom stereocenters. The van der Waals surface area contributed by atoms with Crippen molar-refractivity contribution in [2.75, 3.05) is 5.32 Å². The molecule has 0 unspecified atom stereocenters. The number of hydrogen-bond donors (Lipinski definition) is 1. The molecule has 0 aliphatic rings. The van der Waals surface area contributed by atoms with E-state index in [0.717, 1.165) is 12.0 Å². The van der Waals surface area contributed by atoms with Crippen LogP contribution in [0.15, 0.2) is 57.7 Å². The van der Waals surface area contributed by atoms with Gasteiger partial charge in [-0.1, -0.05) is 31.2 Å². The number of rotatable bonds is 4. The van der Waals surface area contributed by atoms with Gasteiger partial charge in [0.15, 0.2) is 0 Å². The fraction of sp³-hybridized carbons (Fsp3) is 0.158. The molecule has 0 radical (unpaired) electrons. The van der Waals surface area contributed by atoms with Gasteiger partial charge in [-0.2, -0.15) is 13.2 Å². The van der Waals surface area contributed by atoms with Gasteiger partial charge in [0, 0.05) is 11.1 Å². The summed E-state index contributed by atoms with van der Waals surface area (Å²) in [6.45, 7) is 1.97. The summed E-state index contributed by atoms with van der Waals surface area (Å²) in [4.78, 5) is 23.9. The molecule has 0 saturated heterocycles. The highest BCUT2D eigenvalue weighted by Gasteiger charge is 2.43. The Morgan fingerprint density at radius 2 is 1.73 bits per heavy atom. The van der Waals surface area contributed by atoms with E-state index in [1.54, 1.807) is 36.4 Å². The van der Waals surface area contributed by atoms with Gasteiger partial charge < -0.3 is 9.73 Å². The monoisotopic (exact) mass is 361 g/mol. The summed E-state index contributed by atoms with van der Waals surface area (Å²) >= 11 is 0. The summed E-state index contributed by atoms with van der Waals surface area (Å²) in [5, 5.41) is 2.99. The SMILES string of the molecule is CCc1ccc(Nc2c(C(=O)C(F)(F)F)c(=O)oc3ccccc23)cc1. The minimum atomic E-state index is -5.19. The average Bonchev–Trinajstić information content (AvgIpc) is 2.61. The molecule has 0 saturated carbocycles. The summed E-state index contributed by atoms with van der Waals surface area (Å²) in [6.07, 6.45) is -4.39. The van der Waals surface area contributed by atoms with Crippen molar-refractivity contribution >= 4 is 28.1 Å². The number of carbonyl (C=O) groups is 1. The van der Waals surface area contributed by atoms with Gasteiger partial charge in [-0.25, -0.2) is 4.79 Å². The maximum Gasteiger partial charge on any atom is 0.455 e. The smallest absolute Gasteiger partial charge is 0.422 e. The number of para-hydroxylation sites is 1. The maximum atomic E-state index is 13.0. The summed E-state index contributed by atoms with van der Waals surface area (Å²) in [6, 6.07) is 13.0. The number of aryl methyl sites for hydroxylation is 1. The molecule has 3 aromatic rings. The van der Waals surface area contributed by atoms with Gasteiger partial charge in [-0.15, -0.1) is 0 Å². The number of nitrogens with one attached hydrogen (secondary N) is 1. The number of benzene rings is 2. The van der Waals surface area contributed by atoms with Crippen molar-refractivity contribution in [3.8, 4) is 0 Å². The topological polar surface area (TPSA) is 59.3 Å². The van der Waals surface area contributed by atoms with Gasteiger partial charge >= 0.3 is 11.8 Å². The van der Waals surface area contributed by atoms with Crippen molar-refractivity contribution < 1.29 is 22.4 Å². The zero-order valence-electron chi connectivity index (χ0n) is 13.7. The molecule has 1 N–H and O–H groups in total. The van der Waals surface area contributed by atoms with Crippen LogP contribution in [0.4, 0.5) is 24.5 Å². The van der Waals surface area contributed by atoms with Crippen LogP contribution in [0.5, 0.6) is 0 Å². The molecule has 0 spiro atoms. The molecule has 0 fully saturated rings. The van der Waals surface area contributed by atoms with Crippen LogP contribution < -0.4 is 10.9 Å². The third kappa shape index (κ3) is 3.33. The Bertz CT molecular complexity index is 1020. The normalized spacial score (nSPS) is 11.5. The number of halogens is 3. The summed E-state index contributed by atoms with van der Waals surface area (Å²) < 4.78 is 43.8. The number of alkyl halides is 3. The van der Waals surface area contributed by atoms with E-state index in [9.17, 15) is 22.8 Å². The van der Waals surface area contributed by atoms with Crippen LogP contribution in [0, 0.1) is 0 Å². The first-order valence-corrected chi connectivity index (χ1v) is 7.84. The zero-order chi connectivity index (χ0) is 18.9. The molecular formula is C19H14F3NO3. The second kappa shape index (κ2) is 6.67. The van der Waals surface area contributed by atoms with Gasteiger partial charge in [-0.3, -0.25) is 4.79 Å². The molecular weight excluding hydrogens is 347 g/mol. The van der Waals surface area contributed by atoms with Crippen molar-refractivity contribution in [3.63, 3.8) is 0 Å². The average molecular weight is 361 g/mol. The van der Waals surface area contributed by atoms with E-state index in [1.165, 1.54) is 12.1 Å². The summed E-state index contributed by atoms with van der Waals surface area (Å²) in [5.74, 6) is -2.25. The van der Waals surface area contributed by atoms with Crippen LogP contribution in [-0.2, 0) is 6.42 Å². The van der Waals surface area contributed by atoms with Crippen molar-refractivity contribution in [2.24, 2.45) is 0 Å². The summed E-state index contributed by atoms with van der Waals surface area (Å²) in [7, 11) is 0. The maximum absolute atomic E-state index is 13.0. The lowest BCUT2D eigenvalue weighted by atomic mass is 10.1. The van der Waals surface area contributed by atoms with Crippen molar-refractivity contribution in [3.05, 3.63) is 70.1 Å². The van der Waals surface area contributed by atoms with E-state index in [2.05, 4.69) is 5.32 Å². The number of ketones is 1. The van der Waals surface area contributed by atoms with E-state index in [-0.39, 0.29) is 16.7 Å². The molecule has 1 aromatic heterocycles. The first-order valence-electron chi connectivity index (χ1n) is 7.84. The second-order valence-electron chi connectivity index (χ2n) is 5.64. The van der Waals surface area contributed by atoms with Crippen LogP contribution in [-0.4, -0.2) is 12.0 Å². The molecule has 7 heteroatoms. The van der Waals surface area contributed by atoms with E-state index in [1.807, 2.05) is 6.92 Å². The Labute approximate surface area is 146 Å². The molecule has 2 aromatic carbocycles.